The summed E-state index contributed by atoms with van der Waals surface area (Å²) in [6.07, 6.45) is 5.61. The summed E-state index contributed by atoms with van der Waals surface area (Å²) in [6.45, 7) is 4.73. The third-order valence-electron chi connectivity index (χ3n) is 5.98. The van der Waals surface area contributed by atoms with Gasteiger partial charge in [0.2, 0.25) is 0 Å². The largest absolute Gasteiger partial charge is 0.494 e. The Bertz CT molecular complexity index is 990. The Kier molecular flexibility index (Phi) is 6.34. The minimum atomic E-state index is -1.66. The summed E-state index contributed by atoms with van der Waals surface area (Å²) in [5, 5.41) is 30.3. The molecule has 154 valence electrons. The molecule has 0 fully saturated rings. The highest BCUT2D eigenvalue weighted by Crippen LogP contribution is 2.57. The van der Waals surface area contributed by atoms with Crippen LogP contribution in [0.15, 0.2) is 41.1 Å². The molecule has 1 aromatic rings. The maximum atomic E-state index is 10.2. The van der Waals surface area contributed by atoms with E-state index in [4.69, 9.17) is 15.2 Å². The molecule has 0 saturated carbocycles. The van der Waals surface area contributed by atoms with Crippen LogP contribution in [0.4, 0.5) is 0 Å². The number of rotatable bonds is 5. The first kappa shape index (κ1) is 21.3. The van der Waals surface area contributed by atoms with Crippen molar-refractivity contribution in [2.45, 2.75) is 45.4 Å². The summed E-state index contributed by atoms with van der Waals surface area (Å²) >= 11 is 0. The van der Waals surface area contributed by atoms with E-state index < -0.39 is 11.3 Å². The SMILES string of the molecule is CCOc1ccc(OCC)c(C2C3CCCCC=C3C(C#N)=C(N)C2(C#N)C#N)c1. The molecule has 0 heterocycles. The predicted octanol–water partition coefficient (Wildman–Crippen LogP) is 4.47. The third-order valence-corrected chi connectivity index (χ3v) is 5.98. The van der Waals surface area contributed by atoms with Crippen LogP contribution in [-0.2, 0) is 0 Å². The molecule has 0 amide bonds. The predicted molar refractivity (Wildman–Crippen MR) is 112 cm³/mol. The topological polar surface area (TPSA) is 116 Å². The summed E-state index contributed by atoms with van der Waals surface area (Å²) in [4.78, 5) is 0. The number of hydrogen-bond acceptors (Lipinski definition) is 6. The maximum absolute atomic E-state index is 10.2. The van der Waals surface area contributed by atoms with E-state index in [9.17, 15) is 15.8 Å². The summed E-state index contributed by atoms with van der Waals surface area (Å²) in [5.41, 5.74) is 6.63. The van der Waals surface area contributed by atoms with Crippen molar-refractivity contribution in [3.8, 4) is 29.7 Å². The Hall–Kier alpha value is -3.43. The van der Waals surface area contributed by atoms with E-state index in [2.05, 4.69) is 24.3 Å². The molecule has 0 bridgehead atoms. The second kappa shape index (κ2) is 8.93. The summed E-state index contributed by atoms with van der Waals surface area (Å²) in [5.74, 6) is 0.520. The molecular formula is C24H26N4O2. The van der Waals surface area contributed by atoms with E-state index in [1.165, 1.54) is 0 Å². The van der Waals surface area contributed by atoms with Crippen molar-refractivity contribution < 1.29 is 9.47 Å². The van der Waals surface area contributed by atoms with Gasteiger partial charge >= 0.3 is 0 Å². The zero-order valence-electron chi connectivity index (χ0n) is 17.4. The van der Waals surface area contributed by atoms with Crippen molar-refractivity contribution in [2.24, 2.45) is 17.1 Å². The van der Waals surface area contributed by atoms with Crippen molar-refractivity contribution in [3.05, 3.63) is 46.7 Å². The van der Waals surface area contributed by atoms with E-state index in [0.717, 1.165) is 36.8 Å². The van der Waals surface area contributed by atoms with Crippen molar-refractivity contribution in [2.75, 3.05) is 13.2 Å². The maximum Gasteiger partial charge on any atom is 0.191 e. The van der Waals surface area contributed by atoms with Crippen LogP contribution in [0.1, 0.15) is 51.0 Å². The number of benzene rings is 1. The number of hydrogen-bond donors (Lipinski definition) is 1. The van der Waals surface area contributed by atoms with E-state index in [1.54, 1.807) is 0 Å². The smallest absolute Gasteiger partial charge is 0.191 e. The number of nitrogens with two attached hydrogens (primary N) is 1. The minimum Gasteiger partial charge on any atom is -0.494 e. The third kappa shape index (κ3) is 3.38. The average Bonchev–Trinajstić information content (AvgIpc) is 3.00. The lowest BCUT2D eigenvalue weighted by atomic mass is 9.58. The number of fused-ring (bicyclic) bond motifs is 1. The fraction of sp³-hybridized carbons (Fsp3) is 0.458. The van der Waals surface area contributed by atoms with Crippen molar-refractivity contribution >= 4 is 0 Å². The molecule has 2 N–H and O–H groups in total. The highest BCUT2D eigenvalue weighted by molar-refractivity contribution is 5.60. The van der Waals surface area contributed by atoms with Gasteiger partial charge in [0, 0.05) is 11.5 Å². The monoisotopic (exact) mass is 402 g/mol. The lowest BCUT2D eigenvalue weighted by Gasteiger charge is -2.42. The van der Waals surface area contributed by atoms with Gasteiger partial charge in [-0.3, -0.25) is 0 Å². The lowest BCUT2D eigenvalue weighted by molar-refractivity contribution is 0.293. The average molecular weight is 402 g/mol. The first-order valence-electron chi connectivity index (χ1n) is 10.4. The van der Waals surface area contributed by atoms with Crippen molar-refractivity contribution in [1.29, 1.82) is 15.8 Å². The van der Waals surface area contributed by atoms with Crippen LogP contribution < -0.4 is 15.2 Å². The van der Waals surface area contributed by atoms with Crippen LogP contribution in [-0.4, -0.2) is 13.2 Å². The van der Waals surface area contributed by atoms with Gasteiger partial charge in [-0.1, -0.05) is 12.5 Å². The molecule has 3 rings (SSSR count). The highest BCUT2D eigenvalue weighted by Gasteiger charge is 2.54. The van der Waals surface area contributed by atoms with Crippen LogP contribution in [0.2, 0.25) is 0 Å². The Morgan fingerprint density at radius 1 is 1.10 bits per heavy atom. The first-order valence-corrected chi connectivity index (χ1v) is 10.4. The van der Waals surface area contributed by atoms with Crippen LogP contribution in [0, 0.1) is 45.3 Å². The molecule has 0 spiro atoms. The van der Waals surface area contributed by atoms with Gasteiger partial charge in [0.1, 0.15) is 17.6 Å². The molecule has 0 aliphatic heterocycles. The van der Waals surface area contributed by atoms with Gasteiger partial charge < -0.3 is 15.2 Å². The Morgan fingerprint density at radius 3 is 2.47 bits per heavy atom. The van der Waals surface area contributed by atoms with Gasteiger partial charge in [-0.05, 0) is 62.8 Å². The molecule has 2 aliphatic rings. The molecule has 0 aromatic heterocycles. The fourth-order valence-electron chi connectivity index (χ4n) is 4.70. The normalized spacial score (nSPS) is 22.4. The van der Waals surface area contributed by atoms with E-state index in [-0.39, 0.29) is 17.2 Å². The lowest BCUT2D eigenvalue weighted by Crippen LogP contribution is -2.42. The van der Waals surface area contributed by atoms with Gasteiger partial charge in [-0.15, -0.1) is 0 Å². The standard InChI is InChI=1S/C24H26N4O2/c1-3-29-16-10-11-21(30-4-2)19(12-16)22-18-9-7-5-6-8-17(18)20(13-25)23(28)24(22,14-26)15-27/h8,10-12,18,22H,3-7,9,28H2,1-2H3. The number of nitriles is 3. The summed E-state index contributed by atoms with van der Waals surface area (Å²) in [7, 11) is 0. The Labute approximate surface area is 177 Å². The number of allylic oxidation sites excluding steroid dienone is 4. The first-order chi connectivity index (χ1) is 14.6. The second-order valence-corrected chi connectivity index (χ2v) is 7.53. The molecule has 0 saturated heterocycles. The quantitative estimate of drug-likeness (QED) is 0.777. The van der Waals surface area contributed by atoms with Crippen molar-refractivity contribution in [1.82, 2.24) is 0 Å². The van der Waals surface area contributed by atoms with Gasteiger partial charge in [-0.2, -0.15) is 15.8 Å². The molecule has 6 heteroatoms. The molecular weight excluding hydrogens is 376 g/mol. The van der Waals surface area contributed by atoms with Gasteiger partial charge in [0.05, 0.1) is 36.6 Å². The minimum absolute atomic E-state index is 0.0358. The van der Waals surface area contributed by atoms with E-state index >= 15 is 0 Å². The van der Waals surface area contributed by atoms with E-state index in [1.807, 2.05) is 32.0 Å². The van der Waals surface area contributed by atoms with Crippen LogP contribution >= 0.6 is 0 Å². The zero-order chi connectivity index (χ0) is 21.7. The highest BCUT2D eigenvalue weighted by atomic mass is 16.5. The molecule has 2 unspecified atom stereocenters. The Morgan fingerprint density at radius 2 is 1.83 bits per heavy atom. The molecule has 1 aromatic carbocycles. The van der Waals surface area contributed by atoms with E-state index in [0.29, 0.717) is 24.7 Å². The van der Waals surface area contributed by atoms with Crippen LogP contribution in [0.25, 0.3) is 0 Å². The fourth-order valence-corrected chi connectivity index (χ4v) is 4.70. The zero-order valence-corrected chi connectivity index (χ0v) is 17.4. The number of nitrogens with zero attached hydrogens (tertiary/aromatic N) is 3. The molecule has 30 heavy (non-hydrogen) atoms. The molecule has 2 aliphatic carbocycles. The van der Waals surface area contributed by atoms with Crippen molar-refractivity contribution in [3.63, 3.8) is 0 Å². The van der Waals surface area contributed by atoms with Gasteiger partial charge in [0.25, 0.3) is 0 Å². The van der Waals surface area contributed by atoms with Gasteiger partial charge in [-0.25, -0.2) is 0 Å². The Balaban J connectivity index is 2.35. The molecule has 0 radical (unpaired) electrons. The van der Waals surface area contributed by atoms with Gasteiger partial charge in [0.15, 0.2) is 5.41 Å². The summed E-state index contributed by atoms with van der Waals surface area (Å²) < 4.78 is 11.6. The summed E-state index contributed by atoms with van der Waals surface area (Å²) in [6, 6.07) is 12.1. The number of ether oxygens (including phenoxy) is 2. The molecule has 2 atom stereocenters. The van der Waals surface area contributed by atoms with Crippen LogP contribution in [0.5, 0.6) is 11.5 Å². The second-order valence-electron chi connectivity index (χ2n) is 7.53. The van der Waals surface area contributed by atoms with Crippen LogP contribution in [0.3, 0.4) is 0 Å². The molecule has 6 nitrogen and oxygen atoms in total.